The number of hydrogen-bond acceptors (Lipinski definition) is 0. The zero-order valence-electron chi connectivity index (χ0n) is 18.5. The molecule has 0 spiro atoms. The molecule has 0 bridgehead atoms. The van der Waals surface area contributed by atoms with Crippen LogP contribution in [0, 0.1) is 0 Å². The standard InChI is InChI=1S/C26H38BrP/c1-22(2)12-9-13-23(3)14-10-15-24(4)16-11-17-25(5)20-21-28(27)26-18-7-6-8-19-26/h6-8,12,14,16,18-20H,9-11,13,15,17,21H2,1-5H3. The predicted molar refractivity (Wildman–Crippen MR) is 135 cm³/mol. The molecule has 28 heavy (non-hydrogen) atoms. The van der Waals surface area contributed by atoms with E-state index in [4.69, 9.17) is 0 Å². The van der Waals surface area contributed by atoms with Crippen LogP contribution in [0.1, 0.15) is 73.1 Å². The number of halogens is 1. The lowest BCUT2D eigenvalue weighted by atomic mass is 10.0. The summed E-state index contributed by atoms with van der Waals surface area (Å²) in [5.74, 6) is 0. The van der Waals surface area contributed by atoms with E-state index in [1.165, 1.54) is 59.7 Å². The van der Waals surface area contributed by atoms with Gasteiger partial charge in [0.05, 0.1) is 0 Å². The minimum absolute atomic E-state index is 0.248. The summed E-state index contributed by atoms with van der Waals surface area (Å²) in [5.41, 5.74) is 5.97. The molecular weight excluding hydrogens is 423 g/mol. The van der Waals surface area contributed by atoms with Crippen molar-refractivity contribution in [3.05, 3.63) is 76.9 Å². The van der Waals surface area contributed by atoms with E-state index in [1.807, 2.05) is 0 Å². The van der Waals surface area contributed by atoms with E-state index in [0.717, 1.165) is 12.6 Å². The maximum atomic E-state index is 3.87. The molecule has 0 radical (unpaired) electrons. The third-order valence-electron chi connectivity index (χ3n) is 4.79. The van der Waals surface area contributed by atoms with E-state index in [2.05, 4.69) is 105 Å². The molecule has 0 nitrogen and oxygen atoms in total. The Morgan fingerprint density at radius 3 is 1.68 bits per heavy atom. The summed E-state index contributed by atoms with van der Waals surface area (Å²) in [4.78, 5) is 0. The molecule has 154 valence electrons. The van der Waals surface area contributed by atoms with Crippen LogP contribution in [-0.2, 0) is 0 Å². The van der Waals surface area contributed by atoms with E-state index in [9.17, 15) is 0 Å². The summed E-state index contributed by atoms with van der Waals surface area (Å²) in [5, 5.41) is 1.42. The molecule has 1 atom stereocenters. The Kier molecular flexibility index (Phi) is 13.5. The SMILES string of the molecule is CC(C)=CCCC(C)=CCCC(C)=CCCC(C)=CCP(Br)c1ccccc1. The Balaban J connectivity index is 2.28. The highest BCUT2D eigenvalue weighted by Gasteiger charge is 2.04. The van der Waals surface area contributed by atoms with Crippen LogP contribution >= 0.6 is 22.1 Å². The third kappa shape index (κ3) is 12.5. The average molecular weight is 461 g/mol. The van der Waals surface area contributed by atoms with Crippen LogP contribution in [0.2, 0.25) is 0 Å². The van der Waals surface area contributed by atoms with Crippen LogP contribution in [0.4, 0.5) is 0 Å². The van der Waals surface area contributed by atoms with Crippen LogP contribution in [0.15, 0.2) is 76.9 Å². The highest BCUT2D eigenvalue weighted by atomic mass is 79.9. The molecule has 0 amide bonds. The Bertz CT molecular complexity index is 676. The minimum Gasteiger partial charge on any atom is -0.0856 e. The lowest BCUT2D eigenvalue weighted by Crippen LogP contribution is -1.97. The molecule has 0 aliphatic carbocycles. The highest BCUT2D eigenvalue weighted by molar-refractivity contribution is 9.40. The fourth-order valence-corrected chi connectivity index (χ4v) is 5.24. The molecule has 0 fully saturated rings. The maximum absolute atomic E-state index is 3.87. The van der Waals surface area contributed by atoms with E-state index < -0.39 is 0 Å². The molecule has 1 rings (SSSR count). The third-order valence-corrected chi connectivity index (χ3v) is 8.25. The van der Waals surface area contributed by atoms with Gasteiger partial charge in [-0.1, -0.05) is 92.4 Å². The van der Waals surface area contributed by atoms with E-state index >= 15 is 0 Å². The van der Waals surface area contributed by atoms with Crippen LogP contribution in [-0.4, -0.2) is 6.16 Å². The van der Waals surface area contributed by atoms with Crippen molar-refractivity contribution in [1.82, 2.24) is 0 Å². The monoisotopic (exact) mass is 460 g/mol. The molecular formula is C26H38BrP. The Hall–Kier alpha value is -0.910. The molecule has 1 aromatic rings. The number of hydrogen-bond donors (Lipinski definition) is 0. The molecule has 0 saturated carbocycles. The van der Waals surface area contributed by atoms with Crippen LogP contribution in [0.5, 0.6) is 0 Å². The van der Waals surface area contributed by atoms with Gasteiger partial charge in [-0.25, -0.2) is 0 Å². The van der Waals surface area contributed by atoms with Crippen LogP contribution < -0.4 is 5.30 Å². The van der Waals surface area contributed by atoms with Gasteiger partial charge in [-0.2, -0.15) is 0 Å². The zero-order chi connectivity index (χ0) is 20.8. The number of benzene rings is 1. The molecule has 1 aromatic carbocycles. The fraction of sp³-hybridized carbons (Fsp3) is 0.462. The first-order chi connectivity index (χ1) is 13.4. The molecule has 0 heterocycles. The van der Waals surface area contributed by atoms with Crippen molar-refractivity contribution in [1.29, 1.82) is 0 Å². The van der Waals surface area contributed by atoms with E-state index in [-0.39, 0.29) is 6.62 Å². The van der Waals surface area contributed by atoms with Crippen molar-refractivity contribution in [3.63, 3.8) is 0 Å². The molecule has 0 N–H and O–H groups in total. The van der Waals surface area contributed by atoms with Crippen LogP contribution in [0.25, 0.3) is 0 Å². The minimum atomic E-state index is -0.248. The van der Waals surface area contributed by atoms with Gasteiger partial charge >= 0.3 is 0 Å². The van der Waals surface area contributed by atoms with Gasteiger partial charge in [0, 0.05) is 0 Å². The second kappa shape index (κ2) is 15.0. The summed E-state index contributed by atoms with van der Waals surface area (Å²) in [6.07, 6.45) is 17.7. The lowest BCUT2D eigenvalue weighted by molar-refractivity contribution is 0.899. The summed E-state index contributed by atoms with van der Waals surface area (Å²) < 4.78 is 0. The number of rotatable bonds is 12. The zero-order valence-corrected chi connectivity index (χ0v) is 21.0. The molecule has 0 aliphatic heterocycles. The first-order valence-corrected chi connectivity index (χ1v) is 14.0. The fourth-order valence-electron chi connectivity index (χ4n) is 2.92. The quantitative estimate of drug-likeness (QED) is 0.215. The van der Waals surface area contributed by atoms with Crippen molar-refractivity contribution in [3.8, 4) is 0 Å². The highest BCUT2D eigenvalue weighted by Crippen LogP contribution is 2.43. The van der Waals surface area contributed by atoms with Gasteiger partial charge in [-0.15, -0.1) is 0 Å². The normalized spacial score (nSPS) is 14.1. The molecule has 0 saturated heterocycles. The van der Waals surface area contributed by atoms with E-state index in [1.54, 1.807) is 0 Å². The Morgan fingerprint density at radius 1 is 0.714 bits per heavy atom. The molecule has 1 unspecified atom stereocenters. The molecule has 0 aromatic heterocycles. The molecule has 0 aliphatic rings. The van der Waals surface area contributed by atoms with Gasteiger partial charge in [-0.3, -0.25) is 0 Å². The van der Waals surface area contributed by atoms with Crippen molar-refractivity contribution in [2.24, 2.45) is 0 Å². The van der Waals surface area contributed by atoms with Gasteiger partial charge in [0.25, 0.3) is 0 Å². The van der Waals surface area contributed by atoms with Crippen molar-refractivity contribution >= 4 is 27.4 Å². The maximum Gasteiger partial charge on any atom is -0.000317 e. The second-order valence-electron chi connectivity index (χ2n) is 7.93. The largest absolute Gasteiger partial charge is 0.0856 e. The predicted octanol–water partition coefficient (Wildman–Crippen LogP) is 9.25. The van der Waals surface area contributed by atoms with Gasteiger partial charge in [0.1, 0.15) is 0 Å². The lowest BCUT2D eigenvalue weighted by Gasteiger charge is -2.08. The summed E-state index contributed by atoms with van der Waals surface area (Å²) >= 11 is 3.87. The van der Waals surface area contributed by atoms with Crippen molar-refractivity contribution < 1.29 is 0 Å². The first-order valence-electron chi connectivity index (χ1n) is 10.5. The number of allylic oxidation sites excluding steroid dienone is 8. The average Bonchev–Trinajstić information content (AvgIpc) is 2.66. The first kappa shape index (κ1) is 25.1. The van der Waals surface area contributed by atoms with Gasteiger partial charge in [-0.05, 0) is 91.2 Å². The van der Waals surface area contributed by atoms with Crippen molar-refractivity contribution in [2.45, 2.75) is 73.1 Å². The molecule has 2 heteroatoms. The van der Waals surface area contributed by atoms with Gasteiger partial charge < -0.3 is 0 Å². The Morgan fingerprint density at radius 2 is 1.18 bits per heavy atom. The van der Waals surface area contributed by atoms with Gasteiger partial charge in [0.2, 0.25) is 0 Å². The summed E-state index contributed by atoms with van der Waals surface area (Å²) in [6, 6.07) is 10.8. The second-order valence-corrected chi connectivity index (χ2v) is 12.1. The van der Waals surface area contributed by atoms with Gasteiger partial charge in [0.15, 0.2) is 0 Å². The Labute approximate surface area is 183 Å². The van der Waals surface area contributed by atoms with Crippen molar-refractivity contribution in [2.75, 3.05) is 6.16 Å². The summed E-state index contributed by atoms with van der Waals surface area (Å²) in [7, 11) is 0. The summed E-state index contributed by atoms with van der Waals surface area (Å²) in [6.45, 7) is 10.9. The smallest absolute Gasteiger partial charge is 0.000317 e. The topological polar surface area (TPSA) is 0 Å². The van der Waals surface area contributed by atoms with E-state index in [0.29, 0.717) is 0 Å². The van der Waals surface area contributed by atoms with Crippen LogP contribution in [0.3, 0.4) is 0 Å².